The van der Waals surface area contributed by atoms with Crippen LogP contribution in [0, 0.1) is 11.3 Å². The maximum absolute atomic E-state index is 14.5. The van der Waals surface area contributed by atoms with Crippen LogP contribution in [0.4, 0.5) is 5.69 Å². The third-order valence-corrected chi connectivity index (χ3v) is 17.5. The number of methoxy groups -OCH3 is 1. The summed E-state index contributed by atoms with van der Waals surface area (Å²) in [7, 11) is 1.75. The van der Waals surface area contributed by atoms with Crippen LogP contribution in [0.15, 0.2) is 35.8 Å². The number of fused-ring (bicyclic) bond motifs is 4. The molecule has 2 aliphatic carbocycles. The van der Waals surface area contributed by atoms with Gasteiger partial charge in [-0.3, -0.25) is 24.6 Å². The minimum Gasteiger partial charge on any atom is -0.464 e. The molecule has 4 atom stereocenters. The summed E-state index contributed by atoms with van der Waals surface area (Å²) < 4.78 is 33.6. The first-order chi connectivity index (χ1) is 34.2. The molecule has 1 spiro atoms. The molecule has 5 saturated heterocycles. The van der Waals surface area contributed by atoms with Gasteiger partial charge in [0.25, 0.3) is 5.91 Å². The first-order valence-corrected chi connectivity index (χ1v) is 27.3. The number of cyclic esters (lactones) is 1. The number of nitrogens with two attached hydrogens (primary N) is 1. The van der Waals surface area contributed by atoms with E-state index in [2.05, 4.69) is 89.0 Å². The number of carbonyl (C=O) groups is 2. The van der Waals surface area contributed by atoms with Crippen molar-refractivity contribution in [1.29, 1.82) is 0 Å². The molecule has 1 aromatic carbocycles. The van der Waals surface area contributed by atoms with Crippen LogP contribution in [0.3, 0.4) is 0 Å². The van der Waals surface area contributed by atoms with Crippen molar-refractivity contribution in [2.75, 3.05) is 97.4 Å². The maximum atomic E-state index is 14.5. The highest BCUT2D eigenvalue weighted by Gasteiger charge is 2.58. The van der Waals surface area contributed by atoms with Gasteiger partial charge in [0.1, 0.15) is 5.54 Å². The summed E-state index contributed by atoms with van der Waals surface area (Å²) in [6.45, 7) is 20.5. The summed E-state index contributed by atoms with van der Waals surface area (Å²) in [6, 6.07) is 8.91. The normalized spacial score (nSPS) is 28.9. The fourth-order valence-electron chi connectivity index (χ4n) is 12.3. The van der Waals surface area contributed by atoms with Gasteiger partial charge < -0.3 is 38.9 Å². The summed E-state index contributed by atoms with van der Waals surface area (Å²) in [6.07, 6.45) is 7.97. The number of rotatable bonds is 11. The molecule has 384 valence electrons. The van der Waals surface area contributed by atoms with Crippen LogP contribution in [0.5, 0.6) is 0 Å². The van der Waals surface area contributed by atoms with Gasteiger partial charge in [-0.05, 0) is 89.0 Å². The van der Waals surface area contributed by atoms with E-state index in [1.807, 2.05) is 6.20 Å². The molecule has 4 aromatic rings. The number of hydrazine groups is 1. The van der Waals surface area contributed by atoms with Gasteiger partial charge in [-0.15, -0.1) is 11.3 Å². The van der Waals surface area contributed by atoms with Gasteiger partial charge in [0.2, 0.25) is 0 Å². The highest BCUT2D eigenvalue weighted by atomic mass is 32.1. The number of thiazole rings is 1. The molecule has 1 unspecified atom stereocenters. The Morgan fingerprint density at radius 3 is 2.52 bits per heavy atom. The minimum absolute atomic E-state index is 0.0913. The molecule has 6 aliphatic heterocycles. The van der Waals surface area contributed by atoms with Crippen molar-refractivity contribution in [3.63, 3.8) is 0 Å². The number of aromatic nitrogens is 3. The highest BCUT2D eigenvalue weighted by molar-refractivity contribution is 7.10. The zero-order valence-electron chi connectivity index (χ0n) is 42.8. The van der Waals surface area contributed by atoms with Gasteiger partial charge in [-0.2, -0.15) is 0 Å². The molecule has 1 amide bonds. The minimum atomic E-state index is -0.981. The van der Waals surface area contributed by atoms with Crippen LogP contribution in [-0.4, -0.2) is 163 Å². The van der Waals surface area contributed by atoms with Crippen LogP contribution in [-0.2, 0) is 46.2 Å². The van der Waals surface area contributed by atoms with Crippen molar-refractivity contribution < 1.29 is 33.3 Å². The topological polar surface area (TPSA) is 162 Å². The van der Waals surface area contributed by atoms with Crippen LogP contribution < -0.4 is 16.1 Å². The Bertz CT molecular complexity index is 2590. The third-order valence-electron chi connectivity index (χ3n) is 16.5. The van der Waals surface area contributed by atoms with E-state index in [9.17, 15) is 9.59 Å². The number of benzene rings is 1. The second-order valence-corrected chi connectivity index (χ2v) is 23.9. The average molecular weight is 994 g/mol. The van der Waals surface area contributed by atoms with Crippen molar-refractivity contribution >= 4 is 39.8 Å². The van der Waals surface area contributed by atoms with Gasteiger partial charge in [0.15, 0.2) is 0 Å². The molecule has 7 fully saturated rings. The van der Waals surface area contributed by atoms with E-state index in [0.29, 0.717) is 65.3 Å². The molecule has 71 heavy (non-hydrogen) atoms. The number of nitrogens with zero attached hydrogens (tertiary/aromatic N) is 7. The van der Waals surface area contributed by atoms with Crippen molar-refractivity contribution in [3.05, 3.63) is 52.1 Å². The molecule has 0 radical (unpaired) electrons. The Morgan fingerprint density at radius 1 is 0.986 bits per heavy atom. The zero-order chi connectivity index (χ0) is 49.2. The predicted molar refractivity (Wildman–Crippen MR) is 274 cm³/mol. The Morgan fingerprint density at radius 2 is 1.77 bits per heavy atom. The van der Waals surface area contributed by atoms with E-state index in [-0.39, 0.29) is 48.1 Å². The van der Waals surface area contributed by atoms with Crippen molar-refractivity contribution in [3.8, 4) is 22.5 Å². The van der Waals surface area contributed by atoms with E-state index in [1.54, 1.807) is 23.5 Å². The van der Waals surface area contributed by atoms with E-state index < -0.39 is 17.0 Å². The second-order valence-electron chi connectivity index (χ2n) is 23.0. The molecule has 3 aromatic heterocycles. The highest BCUT2D eigenvalue weighted by Crippen LogP contribution is 2.46. The standard InChI is InChI=1S/C54H75N9O7S/c1-34(66-6)47-41(24-38(29-56-47)61-14-12-60(13-15-61)37-8-9-37)48-42-28-52(2,3)33-69-51(65)54-25-35(26-54)30-63(58-54)50(64)46(55)43(31-59-16-20-67-21-17-59)49-57-44(32-71-49)36-7-10-45(40(42)23-36)62(48)18-22-68-39-11-19-70-53(4,5)27-39/h7,10,23-24,29,32,34-35,37,39,43,46,58H,8-9,11-22,25-28,30-31,33,55H2,1-6H3/t34-,35?,39-,43?,46-,54?/m0/s1. The lowest BCUT2D eigenvalue weighted by atomic mass is 9.66. The third kappa shape index (κ3) is 10.0. The Labute approximate surface area is 422 Å². The second kappa shape index (κ2) is 19.7. The molecule has 8 aliphatic rings. The number of hydrogen-bond donors (Lipinski definition) is 2. The Balaban J connectivity index is 1.05. The monoisotopic (exact) mass is 994 g/mol. The first kappa shape index (κ1) is 49.2. The van der Waals surface area contributed by atoms with E-state index in [0.717, 1.165) is 114 Å². The lowest BCUT2D eigenvalue weighted by Crippen LogP contribution is -2.75. The maximum Gasteiger partial charge on any atom is 0.328 e. The number of morpholine rings is 1. The molecule has 17 heteroatoms. The Hall–Kier alpha value is -4.04. The number of hydrogen-bond acceptors (Lipinski definition) is 15. The first-order valence-electron chi connectivity index (χ1n) is 26.4. The summed E-state index contributed by atoms with van der Waals surface area (Å²) in [5.74, 6) is -0.751. The summed E-state index contributed by atoms with van der Waals surface area (Å²) >= 11 is 1.56. The number of pyridine rings is 1. The van der Waals surface area contributed by atoms with Crippen molar-refractivity contribution in [1.82, 2.24) is 34.8 Å². The molecular weight excluding hydrogens is 919 g/mol. The molecule has 12 rings (SSSR count). The largest absolute Gasteiger partial charge is 0.464 e. The van der Waals surface area contributed by atoms with E-state index >= 15 is 0 Å². The Kier molecular flexibility index (Phi) is 13.6. The number of anilines is 1. The van der Waals surface area contributed by atoms with Gasteiger partial charge in [-0.25, -0.2) is 15.2 Å². The van der Waals surface area contributed by atoms with Gasteiger partial charge in [0.05, 0.1) is 84.3 Å². The molecule has 3 N–H and O–H groups in total. The van der Waals surface area contributed by atoms with E-state index in [4.69, 9.17) is 39.4 Å². The van der Waals surface area contributed by atoms with Crippen molar-refractivity contribution in [2.45, 2.75) is 127 Å². The molecule has 16 nitrogen and oxygen atoms in total. The van der Waals surface area contributed by atoms with Crippen LogP contribution in [0.2, 0.25) is 0 Å². The number of amides is 1. The average Bonchev–Trinajstić information content (AvgIpc) is 4.03. The summed E-state index contributed by atoms with van der Waals surface area (Å²) in [4.78, 5) is 47.0. The predicted octanol–water partition coefficient (Wildman–Crippen LogP) is 6.16. The van der Waals surface area contributed by atoms with Gasteiger partial charge in [-0.1, -0.05) is 19.9 Å². The number of esters is 1. The van der Waals surface area contributed by atoms with Gasteiger partial charge in [0, 0.05) is 124 Å². The van der Waals surface area contributed by atoms with E-state index in [1.165, 1.54) is 12.8 Å². The fraction of sp³-hybridized carbons (Fsp3) is 0.667. The van der Waals surface area contributed by atoms with Gasteiger partial charge >= 0.3 is 5.97 Å². The van der Waals surface area contributed by atoms with Crippen LogP contribution >= 0.6 is 11.3 Å². The number of piperazine rings is 1. The lowest BCUT2D eigenvalue weighted by molar-refractivity contribution is -0.179. The summed E-state index contributed by atoms with van der Waals surface area (Å²) in [5.41, 5.74) is 16.9. The number of ether oxygens (including phenoxy) is 5. The zero-order valence-corrected chi connectivity index (χ0v) is 43.6. The molecular formula is C54H75N9O7S. The van der Waals surface area contributed by atoms with Crippen LogP contribution in [0.25, 0.3) is 33.4 Å². The number of carbonyl (C=O) groups excluding carboxylic acids is 2. The smallest absolute Gasteiger partial charge is 0.328 e. The summed E-state index contributed by atoms with van der Waals surface area (Å²) in [5, 5.41) is 5.63. The lowest BCUT2D eigenvalue weighted by Gasteiger charge is -2.55. The quantitative estimate of drug-likeness (QED) is 0.165. The number of nitrogens with one attached hydrogen (secondary N) is 1. The molecule has 9 heterocycles. The van der Waals surface area contributed by atoms with Crippen LogP contribution in [0.1, 0.15) is 101 Å². The SMILES string of the molecule is CO[C@@H](C)c1ncc(N2CCN(C3CC3)CC2)cc1-c1c2c3cc(ccc3n1CCO[C@H]1CCOC(C)(C)C1)-c1csc(n1)C(CN1CCOCC1)[C@H](N)C(=O)N1CC3CC(C3)(N1)C(=O)OCC(C)(C)C2. The molecule has 7 bridgehead atoms. The molecule has 2 saturated carbocycles. The fourth-order valence-corrected chi connectivity index (χ4v) is 13.3. The van der Waals surface area contributed by atoms with Crippen molar-refractivity contribution in [2.24, 2.45) is 17.1 Å².